The van der Waals surface area contributed by atoms with Crippen LogP contribution in [0.4, 0.5) is 0 Å². The molecule has 1 saturated heterocycles. The van der Waals surface area contributed by atoms with Gasteiger partial charge in [-0.05, 0) is 62.7 Å². The van der Waals surface area contributed by atoms with Crippen LogP contribution in [0.25, 0.3) is 0 Å². The highest BCUT2D eigenvalue weighted by molar-refractivity contribution is 5.74. The van der Waals surface area contributed by atoms with E-state index < -0.39 is 17.3 Å². The van der Waals surface area contributed by atoms with Gasteiger partial charge >= 0.3 is 11.9 Å². The molecule has 0 radical (unpaired) electrons. The molecule has 2 bridgehead atoms. The van der Waals surface area contributed by atoms with E-state index in [1.807, 2.05) is 0 Å². The van der Waals surface area contributed by atoms with Crippen LogP contribution in [0.3, 0.4) is 0 Å². The van der Waals surface area contributed by atoms with E-state index >= 15 is 0 Å². The Morgan fingerprint density at radius 2 is 1.77 bits per heavy atom. The van der Waals surface area contributed by atoms with Crippen LogP contribution >= 0.6 is 0 Å². The number of fused-ring (bicyclic) bond motifs is 1. The average Bonchev–Trinajstić information content (AvgIpc) is 3.19. The number of carbonyl (C=O) groups excluding carboxylic acids is 2. The molecule has 31 heavy (non-hydrogen) atoms. The van der Waals surface area contributed by atoms with Gasteiger partial charge in [-0.3, -0.25) is 9.59 Å². The molecule has 174 valence electrons. The second kappa shape index (κ2) is 6.91. The molecule has 0 unspecified atom stereocenters. The Morgan fingerprint density at radius 3 is 2.45 bits per heavy atom. The maximum absolute atomic E-state index is 12.6. The third kappa shape index (κ3) is 2.57. The molecule has 0 aromatic rings. The third-order valence-electron chi connectivity index (χ3n) is 10.1. The molecule has 7 heteroatoms. The first kappa shape index (κ1) is 21.7. The Hall–Kier alpha value is -1.18. The zero-order chi connectivity index (χ0) is 22.2. The fourth-order valence-electron chi connectivity index (χ4n) is 9.06. The van der Waals surface area contributed by atoms with E-state index in [2.05, 4.69) is 6.92 Å². The van der Waals surface area contributed by atoms with Crippen molar-refractivity contribution in [1.82, 2.24) is 0 Å². The highest BCUT2D eigenvalue weighted by atomic mass is 16.7. The quantitative estimate of drug-likeness (QED) is 0.680. The van der Waals surface area contributed by atoms with Gasteiger partial charge in [-0.25, -0.2) is 0 Å². The highest BCUT2D eigenvalue weighted by Crippen LogP contribution is 2.75. The van der Waals surface area contributed by atoms with Crippen molar-refractivity contribution in [3.05, 3.63) is 0 Å². The first-order valence-electron chi connectivity index (χ1n) is 11.8. The molecule has 1 aliphatic heterocycles. The zero-order valence-electron chi connectivity index (χ0n) is 19.1. The van der Waals surface area contributed by atoms with E-state index in [1.165, 1.54) is 14.0 Å². The third-order valence-corrected chi connectivity index (χ3v) is 10.1. The summed E-state index contributed by atoms with van der Waals surface area (Å²) in [6.45, 7) is 3.67. The molecule has 5 rings (SSSR count). The second-order valence-corrected chi connectivity index (χ2v) is 11.0. The molecule has 1 spiro atoms. The van der Waals surface area contributed by atoms with Crippen LogP contribution in [-0.4, -0.2) is 54.9 Å². The van der Waals surface area contributed by atoms with E-state index in [4.69, 9.17) is 18.9 Å². The van der Waals surface area contributed by atoms with E-state index in [9.17, 15) is 14.7 Å². The summed E-state index contributed by atoms with van der Waals surface area (Å²) in [6, 6.07) is 0. The van der Waals surface area contributed by atoms with Crippen molar-refractivity contribution in [3.63, 3.8) is 0 Å². The molecule has 0 aromatic heterocycles. The molecule has 0 aromatic carbocycles. The smallest absolute Gasteiger partial charge is 0.309 e. The average molecular weight is 437 g/mol. The number of ether oxygens (including phenoxy) is 4. The van der Waals surface area contributed by atoms with Gasteiger partial charge in [0.05, 0.1) is 29.6 Å². The molecule has 1 N–H and O–H groups in total. The zero-order valence-corrected chi connectivity index (χ0v) is 19.1. The molecule has 5 aliphatic rings. The van der Waals surface area contributed by atoms with Crippen molar-refractivity contribution >= 4 is 11.9 Å². The number of hydrogen-bond donors (Lipinski definition) is 1. The van der Waals surface area contributed by atoms with Crippen molar-refractivity contribution in [3.8, 4) is 0 Å². The molecule has 1 heterocycles. The van der Waals surface area contributed by atoms with Gasteiger partial charge in [0.25, 0.3) is 0 Å². The number of methoxy groups -OCH3 is 2. The van der Waals surface area contributed by atoms with Gasteiger partial charge < -0.3 is 24.1 Å². The van der Waals surface area contributed by atoms with Crippen molar-refractivity contribution in [1.29, 1.82) is 0 Å². The Morgan fingerprint density at radius 1 is 1.00 bits per heavy atom. The second-order valence-electron chi connectivity index (χ2n) is 11.0. The number of carbonyl (C=O) groups is 2. The summed E-state index contributed by atoms with van der Waals surface area (Å²) in [6.07, 6.45) is 6.08. The Kier molecular flexibility index (Phi) is 4.83. The van der Waals surface area contributed by atoms with Crippen LogP contribution < -0.4 is 0 Å². The monoisotopic (exact) mass is 436 g/mol. The normalized spacial score (nSPS) is 52.6. The lowest BCUT2D eigenvalue weighted by Gasteiger charge is -2.63. The first-order chi connectivity index (χ1) is 14.7. The molecule has 7 nitrogen and oxygen atoms in total. The van der Waals surface area contributed by atoms with Crippen LogP contribution in [0.2, 0.25) is 0 Å². The van der Waals surface area contributed by atoms with Gasteiger partial charge in [-0.15, -0.1) is 0 Å². The number of hydrogen-bond acceptors (Lipinski definition) is 7. The Bertz CT molecular complexity index is 784. The van der Waals surface area contributed by atoms with Crippen LogP contribution in [-0.2, 0) is 28.5 Å². The van der Waals surface area contributed by atoms with Gasteiger partial charge in [0.1, 0.15) is 6.10 Å². The van der Waals surface area contributed by atoms with Crippen molar-refractivity contribution in [2.24, 2.45) is 28.6 Å². The number of rotatable bonds is 3. The minimum Gasteiger partial charge on any atom is -0.469 e. The Balaban J connectivity index is 1.53. The fraction of sp³-hybridized carbons (Fsp3) is 0.917. The predicted molar refractivity (Wildman–Crippen MR) is 110 cm³/mol. The van der Waals surface area contributed by atoms with Crippen molar-refractivity contribution in [2.75, 3.05) is 14.2 Å². The molecular formula is C24H36O7. The first-order valence-corrected chi connectivity index (χ1v) is 11.8. The van der Waals surface area contributed by atoms with Gasteiger partial charge in [0.15, 0.2) is 6.29 Å². The molecule has 5 fully saturated rings. The van der Waals surface area contributed by atoms with Gasteiger partial charge in [-0.1, -0.05) is 6.92 Å². The van der Waals surface area contributed by atoms with Crippen LogP contribution in [0.5, 0.6) is 0 Å². The predicted octanol–water partition coefficient (Wildman–Crippen LogP) is 2.97. The lowest BCUT2D eigenvalue weighted by Crippen LogP contribution is -2.67. The highest BCUT2D eigenvalue weighted by Gasteiger charge is 2.79. The van der Waals surface area contributed by atoms with E-state index in [-0.39, 0.29) is 46.8 Å². The van der Waals surface area contributed by atoms with Crippen LogP contribution in [0, 0.1) is 28.6 Å². The van der Waals surface area contributed by atoms with Crippen molar-refractivity contribution in [2.45, 2.75) is 95.2 Å². The largest absolute Gasteiger partial charge is 0.469 e. The fourth-order valence-corrected chi connectivity index (χ4v) is 9.06. The minimum absolute atomic E-state index is 0.0977. The number of aliphatic hydroxyl groups is 1. The summed E-state index contributed by atoms with van der Waals surface area (Å²) in [5, 5.41) is 12.0. The van der Waals surface area contributed by atoms with Gasteiger partial charge in [0.2, 0.25) is 0 Å². The van der Waals surface area contributed by atoms with Gasteiger partial charge in [0, 0.05) is 26.4 Å². The van der Waals surface area contributed by atoms with Gasteiger partial charge in [-0.2, -0.15) is 0 Å². The summed E-state index contributed by atoms with van der Waals surface area (Å²) >= 11 is 0. The maximum atomic E-state index is 12.6. The molecule has 0 amide bonds. The van der Waals surface area contributed by atoms with E-state index in [1.54, 1.807) is 7.11 Å². The summed E-state index contributed by atoms with van der Waals surface area (Å²) < 4.78 is 23.5. The summed E-state index contributed by atoms with van der Waals surface area (Å²) in [5.74, 6) is -0.0782. The van der Waals surface area contributed by atoms with Crippen molar-refractivity contribution < 1.29 is 33.6 Å². The molecule has 4 aliphatic carbocycles. The van der Waals surface area contributed by atoms with Crippen LogP contribution in [0.15, 0.2) is 0 Å². The summed E-state index contributed by atoms with van der Waals surface area (Å²) in [5.41, 5.74) is -2.01. The Labute approximate surface area is 184 Å². The summed E-state index contributed by atoms with van der Waals surface area (Å²) in [4.78, 5) is 24.2. The SMILES string of the molecule is COC(=O)[C@H]1CC[C@@H]2[C@]1(C)CC[C@H]1[C@@]23CC[C@]2(O)C[C@H](OC(C)=O)CC[C@]12[C@@H](OC)O3. The van der Waals surface area contributed by atoms with E-state index in [0.29, 0.717) is 19.3 Å². The molecular weight excluding hydrogens is 400 g/mol. The minimum atomic E-state index is -0.981. The summed E-state index contributed by atoms with van der Waals surface area (Å²) in [7, 11) is 3.15. The molecule has 4 saturated carbocycles. The molecule has 9 atom stereocenters. The maximum Gasteiger partial charge on any atom is 0.309 e. The van der Waals surface area contributed by atoms with E-state index in [0.717, 1.165) is 38.5 Å². The lowest BCUT2D eigenvalue weighted by atomic mass is 9.42. The topological polar surface area (TPSA) is 91.3 Å². The lowest BCUT2D eigenvalue weighted by molar-refractivity contribution is -0.241. The number of esters is 2. The standard InChI is InChI=1S/C24H36O7/c1-14(25)30-15-7-10-23-18-8-9-21(2)16(19(26)28-3)5-6-17(21)24(18,31-20(23)29-4)12-11-22(23,27)13-15/h15-18,20,27H,5-13H2,1-4H3/t15-,16-,17-,18-,20+,21-,22+,23-,24-/m1/s1. The van der Waals surface area contributed by atoms with Crippen LogP contribution in [0.1, 0.15) is 71.6 Å².